The molecule has 0 spiro atoms. The van der Waals surface area contributed by atoms with E-state index in [1.165, 1.54) is 36.0 Å². The van der Waals surface area contributed by atoms with Crippen molar-refractivity contribution in [1.82, 2.24) is 20.6 Å². The van der Waals surface area contributed by atoms with Gasteiger partial charge in [-0.3, -0.25) is 10.3 Å². The smallest absolute Gasteiger partial charge is 0.0327 e. The molecule has 0 unspecified atom stereocenters. The van der Waals surface area contributed by atoms with Crippen LogP contribution < -0.4 is 5.10 Å². The van der Waals surface area contributed by atoms with Crippen LogP contribution in [0.3, 0.4) is 0 Å². The first-order chi connectivity index (χ1) is 11.4. The quantitative estimate of drug-likeness (QED) is 0.729. The molecule has 0 bridgehead atoms. The second-order valence-electron chi connectivity index (χ2n) is 7.16. The fraction of sp³-hybridized carbons (Fsp3) is 0.450. The van der Waals surface area contributed by atoms with Gasteiger partial charge in [0.2, 0.25) is 0 Å². The van der Waals surface area contributed by atoms with Crippen LogP contribution in [0.25, 0.3) is 6.08 Å². The van der Waals surface area contributed by atoms with Crippen LogP contribution >= 0.6 is 0 Å². The zero-order valence-corrected chi connectivity index (χ0v) is 15.4. The van der Waals surface area contributed by atoms with E-state index >= 15 is 0 Å². The third-order valence-corrected chi connectivity index (χ3v) is 4.46. The van der Waals surface area contributed by atoms with Crippen LogP contribution in [0.4, 0.5) is 0 Å². The summed E-state index contributed by atoms with van der Waals surface area (Å²) in [5.74, 6) is 0.541. The topological polar surface area (TPSA) is 52.8 Å². The van der Waals surface area contributed by atoms with Crippen molar-refractivity contribution in [2.24, 2.45) is 5.41 Å². The first-order valence-corrected chi connectivity index (χ1v) is 8.49. The van der Waals surface area contributed by atoms with Crippen molar-refractivity contribution in [3.05, 3.63) is 58.5 Å². The van der Waals surface area contributed by atoms with Gasteiger partial charge in [0.25, 0.3) is 0 Å². The van der Waals surface area contributed by atoms with E-state index in [-0.39, 0.29) is 5.41 Å². The van der Waals surface area contributed by atoms with Gasteiger partial charge in [-0.1, -0.05) is 60.9 Å². The van der Waals surface area contributed by atoms with Gasteiger partial charge in [-0.05, 0) is 57.1 Å². The van der Waals surface area contributed by atoms with Crippen LogP contribution in [0.15, 0.2) is 52.7 Å². The molecule has 0 atom stereocenters. The third kappa shape index (κ3) is 5.15. The molecule has 4 nitrogen and oxygen atoms in total. The van der Waals surface area contributed by atoms with Crippen molar-refractivity contribution >= 4 is 6.08 Å². The molecular weight excluding hydrogens is 296 g/mol. The van der Waals surface area contributed by atoms with Gasteiger partial charge in [0.1, 0.15) is 0 Å². The maximum Gasteiger partial charge on any atom is 0.0327 e. The summed E-state index contributed by atoms with van der Waals surface area (Å²) in [7, 11) is 0. The van der Waals surface area contributed by atoms with E-state index in [9.17, 15) is 0 Å². The van der Waals surface area contributed by atoms with E-state index in [0.717, 1.165) is 5.57 Å². The van der Waals surface area contributed by atoms with Crippen LogP contribution in [0, 0.1) is 5.41 Å². The van der Waals surface area contributed by atoms with E-state index in [2.05, 4.69) is 66.5 Å². The Morgan fingerprint density at radius 2 is 1.96 bits per heavy atom. The Balaban J connectivity index is 2.02. The van der Waals surface area contributed by atoms with Crippen molar-refractivity contribution < 1.29 is 0 Å². The highest BCUT2D eigenvalue weighted by molar-refractivity contribution is 5.48. The van der Waals surface area contributed by atoms with Crippen molar-refractivity contribution in [1.29, 1.82) is 0 Å². The first kappa shape index (κ1) is 18.1. The van der Waals surface area contributed by atoms with Gasteiger partial charge in [0.15, 0.2) is 0 Å². The summed E-state index contributed by atoms with van der Waals surface area (Å²) in [4.78, 5) is 0. The molecular formula is C20H27N4-. The van der Waals surface area contributed by atoms with Crippen molar-refractivity contribution in [2.45, 2.75) is 53.9 Å². The van der Waals surface area contributed by atoms with Crippen molar-refractivity contribution in [3.63, 3.8) is 0 Å². The lowest BCUT2D eigenvalue weighted by Crippen LogP contribution is -2.19. The molecule has 4 heteroatoms. The van der Waals surface area contributed by atoms with Gasteiger partial charge in [0, 0.05) is 5.82 Å². The van der Waals surface area contributed by atoms with E-state index in [1.807, 2.05) is 25.2 Å². The number of hydrogen-bond donors (Lipinski definition) is 0. The molecule has 0 fully saturated rings. The lowest BCUT2D eigenvalue weighted by Gasteiger charge is -2.32. The van der Waals surface area contributed by atoms with Crippen LogP contribution in [0.1, 0.15) is 59.7 Å². The monoisotopic (exact) mass is 323 g/mol. The van der Waals surface area contributed by atoms with Gasteiger partial charge in [0.05, 0.1) is 0 Å². The first-order valence-electron chi connectivity index (χ1n) is 8.49. The van der Waals surface area contributed by atoms with Gasteiger partial charge in [-0.2, -0.15) is 5.21 Å². The molecule has 2 rings (SSSR count). The van der Waals surface area contributed by atoms with Gasteiger partial charge in [-0.15, -0.1) is 0 Å². The SMILES string of the molecule is CC1=C(/C=C/C(C)=C/C=C/C(C)=C/c2nnn[n-]2)C(C)(C)CCC1. The Morgan fingerprint density at radius 3 is 2.62 bits per heavy atom. The fourth-order valence-corrected chi connectivity index (χ4v) is 3.09. The average Bonchev–Trinajstić information content (AvgIpc) is 2.98. The second kappa shape index (κ2) is 8.04. The molecule has 1 aliphatic carbocycles. The van der Waals surface area contributed by atoms with E-state index in [1.54, 1.807) is 0 Å². The molecule has 1 aliphatic rings. The van der Waals surface area contributed by atoms with Crippen molar-refractivity contribution in [3.8, 4) is 0 Å². The van der Waals surface area contributed by atoms with Crippen LogP contribution in [0.2, 0.25) is 0 Å². The van der Waals surface area contributed by atoms with E-state index in [4.69, 9.17) is 0 Å². The Labute approximate surface area is 145 Å². The normalized spacial score (nSPS) is 19.7. The standard InChI is InChI=1S/C20H27N4/c1-15(8-6-9-16(2)14-19-21-23-24-22-19)11-12-18-17(3)10-7-13-20(18,4)5/h6,8-9,11-12,14H,7,10,13H2,1-5H3/q-1/b9-6+,12-11+,15-8+,16-14+. The molecule has 0 radical (unpaired) electrons. The lowest BCUT2D eigenvalue weighted by atomic mass is 9.72. The molecule has 0 aliphatic heterocycles. The predicted octanol–water partition coefficient (Wildman–Crippen LogP) is 4.82. The van der Waals surface area contributed by atoms with E-state index < -0.39 is 0 Å². The molecule has 0 N–H and O–H groups in total. The number of tetrazole rings is 1. The summed E-state index contributed by atoms with van der Waals surface area (Å²) in [6.45, 7) is 11.1. The predicted molar refractivity (Wildman–Crippen MR) is 99.2 cm³/mol. The highest BCUT2D eigenvalue weighted by Gasteiger charge is 2.26. The Morgan fingerprint density at radius 1 is 1.17 bits per heavy atom. The number of rotatable bonds is 5. The van der Waals surface area contributed by atoms with Gasteiger partial charge < -0.3 is 5.10 Å². The zero-order chi connectivity index (χ0) is 17.6. The molecule has 24 heavy (non-hydrogen) atoms. The van der Waals surface area contributed by atoms with Gasteiger partial charge in [-0.25, -0.2) is 0 Å². The highest BCUT2D eigenvalue weighted by Crippen LogP contribution is 2.40. The molecule has 0 aromatic carbocycles. The maximum absolute atomic E-state index is 3.79. The second-order valence-corrected chi connectivity index (χ2v) is 7.16. The average molecular weight is 323 g/mol. The Hall–Kier alpha value is -2.23. The number of allylic oxidation sites excluding steroid dienone is 9. The van der Waals surface area contributed by atoms with Crippen molar-refractivity contribution in [2.75, 3.05) is 0 Å². The molecule has 1 heterocycles. The Kier molecular flexibility index (Phi) is 6.07. The summed E-state index contributed by atoms with van der Waals surface area (Å²) in [5.41, 5.74) is 5.60. The maximum atomic E-state index is 3.79. The largest absolute Gasteiger partial charge is 0.331 e. The summed E-state index contributed by atoms with van der Waals surface area (Å²) in [5, 5.41) is 14.5. The zero-order valence-electron chi connectivity index (χ0n) is 15.4. The molecule has 1 aromatic heterocycles. The number of nitrogens with zero attached hydrogens (tertiary/aromatic N) is 4. The lowest BCUT2D eigenvalue weighted by molar-refractivity contribution is 0.377. The molecule has 0 saturated heterocycles. The minimum Gasteiger partial charge on any atom is -0.331 e. The molecule has 1 aromatic rings. The Bertz CT molecular complexity index is 698. The molecule has 0 saturated carbocycles. The molecule has 0 amide bonds. The minimum absolute atomic E-state index is 0.288. The summed E-state index contributed by atoms with van der Waals surface area (Å²) in [6.07, 6.45) is 16.3. The fourth-order valence-electron chi connectivity index (χ4n) is 3.09. The summed E-state index contributed by atoms with van der Waals surface area (Å²) in [6, 6.07) is 0. The van der Waals surface area contributed by atoms with Crippen LogP contribution in [0.5, 0.6) is 0 Å². The van der Waals surface area contributed by atoms with Crippen LogP contribution in [-0.4, -0.2) is 15.5 Å². The number of hydrogen-bond acceptors (Lipinski definition) is 3. The highest BCUT2D eigenvalue weighted by atomic mass is 15.5. The number of aromatic nitrogens is 4. The van der Waals surface area contributed by atoms with Crippen LogP contribution in [-0.2, 0) is 0 Å². The molecule has 128 valence electrons. The van der Waals surface area contributed by atoms with Gasteiger partial charge >= 0.3 is 0 Å². The summed E-state index contributed by atoms with van der Waals surface area (Å²) < 4.78 is 0. The summed E-state index contributed by atoms with van der Waals surface area (Å²) >= 11 is 0. The minimum atomic E-state index is 0.288. The third-order valence-electron chi connectivity index (χ3n) is 4.46. The van der Waals surface area contributed by atoms with E-state index in [0.29, 0.717) is 5.82 Å².